The van der Waals surface area contributed by atoms with Gasteiger partial charge in [0.15, 0.2) is 0 Å². The summed E-state index contributed by atoms with van der Waals surface area (Å²) in [6.07, 6.45) is -3.91. The van der Waals surface area contributed by atoms with E-state index in [1.807, 2.05) is 24.3 Å². The number of aryl methyl sites for hydroxylation is 1. The molecule has 1 heterocycles. The molecule has 0 saturated heterocycles. The summed E-state index contributed by atoms with van der Waals surface area (Å²) >= 11 is 0. The summed E-state index contributed by atoms with van der Waals surface area (Å²) in [6.45, 7) is 3.71. The average molecular weight is 416 g/mol. The van der Waals surface area contributed by atoms with Crippen LogP contribution in [0.25, 0.3) is 5.69 Å². The minimum Gasteiger partial charge on any atom is -0.496 e. The highest BCUT2D eigenvalue weighted by atomic mass is 19.4. The second-order valence-corrected chi connectivity index (χ2v) is 6.95. The van der Waals surface area contributed by atoms with Crippen molar-refractivity contribution in [2.24, 2.45) is 0 Å². The third kappa shape index (κ3) is 4.35. The van der Waals surface area contributed by atoms with E-state index in [-0.39, 0.29) is 11.6 Å². The molecule has 0 fully saturated rings. The molecular weight excluding hydrogens is 393 g/mol. The Morgan fingerprint density at radius 1 is 1.07 bits per heavy atom. The maximum Gasteiger partial charge on any atom is 0.418 e. The molecule has 0 saturated carbocycles. The zero-order valence-corrected chi connectivity index (χ0v) is 17.0. The van der Waals surface area contributed by atoms with Crippen molar-refractivity contribution in [2.75, 3.05) is 13.7 Å². The van der Waals surface area contributed by atoms with Crippen LogP contribution in [-0.2, 0) is 12.6 Å². The van der Waals surface area contributed by atoms with Gasteiger partial charge in [0, 0.05) is 17.9 Å². The molecule has 1 N–H and O–H groups in total. The van der Waals surface area contributed by atoms with Gasteiger partial charge in [0.25, 0.3) is 5.91 Å². The molecule has 2 aromatic carbocycles. The van der Waals surface area contributed by atoms with Crippen molar-refractivity contribution < 1.29 is 22.7 Å². The maximum absolute atomic E-state index is 13.4. The van der Waals surface area contributed by atoms with Crippen molar-refractivity contribution in [1.82, 2.24) is 9.88 Å². The number of nitrogens with zero attached hydrogens (tertiary/aromatic N) is 1. The molecule has 3 rings (SSSR count). The Hall–Kier alpha value is -3.22. The summed E-state index contributed by atoms with van der Waals surface area (Å²) in [4.78, 5) is 12.7. The number of amides is 1. The highest BCUT2D eigenvalue weighted by Gasteiger charge is 2.34. The highest BCUT2D eigenvalue weighted by molar-refractivity contribution is 5.96. The summed E-state index contributed by atoms with van der Waals surface area (Å²) < 4.78 is 47.1. The summed E-state index contributed by atoms with van der Waals surface area (Å²) in [6, 6.07) is 14.5. The quantitative estimate of drug-likeness (QED) is 0.608. The fourth-order valence-electron chi connectivity index (χ4n) is 3.59. The zero-order chi connectivity index (χ0) is 21.9. The van der Waals surface area contributed by atoms with Gasteiger partial charge >= 0.3 is 6.18 Å². The van der Waals surface area contributed by atoms with Crippen molar-refractivity contribution in [3.63, 3.8) is 0 Å². The standard InChI is InChI=1S/C23H23F3N2O2/c1-15-14-18(22(29)27-13-12-17-8-4-7-11-21(17)30-3)16(2)28(15)20-10-6-5-9-19(20)23(24,25)26/h4-11,14H,12-13H2,1-3H3,(H,27,29). The number of nitrogens with one attached hydrogen (secondary N) is 1. The van der Waals surface area contributed by atoms with Gasteiger partial charge in [-0.3, -0.25) is 4.79 Å². The van der Waals surface area contributed by atoms with E-state index in [2.05, 4.69) is 5.32 Å². The molecule has 0 unspecified atom stereocenters. The number of para-hydroxylation sites is 2. The number of halogens is 3. The SMILES string of the molecule is COc1ccccc1CCNC(=O)c1cc(C)n(-c2ccccc2C(F)(F)F)c1C. The number of aromatic nitrogens is 1. The van der Waals surface area contributed by atoms with Crippen molar-refractivity contribution >= 4 is 5.91 Å². The monoisotopic (exact) mass is 416 g/mol. The lowest BCUT2D eigenvalue weighted by Gasteiger charge is -2.17. The van der Waals surface area contributed by atoms with Crippen LogP contribution in [0.3, 0.4) is 0 Å². The Balaban J connectivity index is 1.82. The molecular formula is C23H23F3N2O2. The Labute approximate surface area is 173 Å². The number of ether oxygens (including phenoxy) is 1. The minimum atomic E-state index is -4.49. The number of methoxy groups -OCH3 is 1. The molecule has 7 heteroatoms. The van der Waals surface area contributed by atoms with Crippen LogP contribution in [0.15, 0.2) is 54.6 Å². The Bertz CT molecular complexity index is 1050. The van der Waals surface area contributed by atoms with Crippen LogP contribution < -0.4 is 10.1 Å². The Morgan fingerprint density at radius 2 is 1.73 bits per heavy atom. The number of hydrogen-bond acceptors (Lipinski definition) is 2. The predicted molar refractivity (Wildman–Crippen MR) is 109 cm³/mol. The zero-order valence-electron chi connectivity index (χ0n) is 17.0. The van der Waals surface area contributed by atoms with E-state index in [0.717, 1.165) is 17.4 Å². The van der Waals surface area contributed by atoms with Crippen molar-refractivity contribution in [2.45, 2.75) is 26.4 Å². The number of carbonyl (C=O) groups excluding carboxylic acids is 1. The molecule has 1 amide bonds. The van der Waals surface area contributed by atoms with Gasteiger partial charge in [-0.1, -0.05) is 30.3 Å². The first-order valence-corrected chi connectivity index (χ1v) is 9.49. The van der Waals surface area contributed by atoms with Gasteiger partial charge in [-0.2, -0.15) is 13.2 Å². The van der Waals surface area contributed by atoms with Crippen molar-refractivity contribution in [3.05, 3.63) is 82.7 Å². The number of rotatable bonds is 6. The summed E-state index contributed by atoms with van der Waals surface area (Å²) in [5.74, 6) is 0.419. The third-order valence-electron chi connectivity index (χ3n) is 5.00. The molecule has 0 radical (unpaired) electrons. The molecule has 0 aliphatic rings. The van der Waals surface area contributed by atoms with Gasteiger partial charge in [-0.25, -0.2) is 0 Å². The molecule has 4 nitrogen and oxygen atoms in total. The molecule has 0 aliphatic carbocycles. The Morgan fingerprint density at radius 3 is 2.43 bits per heavy atom. The minimum absolute atomic E-state index is 0.00747. The molecule has 0 spiro atoms. The lowest BCUT2D eigenvalue weighted by atomic mass is 10.1. The largest absolute Gasteiger partial charge is 0.496 e. The summed E-state index contributed by atoms with van der Waals surface area (Å²) in [5, 5.41) is 2.85. The maximum atomic E-state index is 13.4. The van der Waals surface area contributed by atoms with Gasteiger partial charge < -0.3 is 14.6 Å². The van der Waals surface area contributed by atoms with E-state index in [0.29, 0.717) is 29.9 Å². The van der Waals surface area contributed by atoms with E-state index in [1.54, 1.807) is 33.1 Å². The van der Waals surface area contributed by atoms with Crippen molar-refractivity contribution in [3.8, 4) is 11.4 Å². The topological polar surface area (TPSA) is 43.3 Å². The average Bonchev–Trinajstić information content (AvgIpc) is 3.01. The number of hydrogen-bond donors (Lipinski definition) is 1. The van der Waals surface area contributed by atoms with E-state index in [1.165, 1.54) is 16.7 Å². The normalized spacial score (nSPS) is 11.4. The van der Waals surface area contributed by atoms with Crippen LogP contribution in [0.5, 0.6) is 5.75 Å². The molecule has 0 aliphatic heterocycles. The molecule has 3 aromatic rings. The van der Waals surface area contributed by atoms with Gasteiger partial charge in [0.05, 0.1) is 23.9 Å². The predicted octanol–water partition coefficient (Wildman–Crippen LogP) is 5.09. The molecule has 158 valence electrons. The van der Waals surface area contributed by atoms with Crippen LogP contribution in [0, 0.1) is 13.8 Å². The highest BCUT2D eigenvalue weighted by Crippen LogP contribution is 2.35. The number of alkyl halides is 3. The van der Waals surface area contributed by atoms with Crippen LogP contribution >= 0.6 is 0 Å². The summed E-state index contributed by atoms with van der Waals surface area (Å²) in [5.41, 5.74) is 1.59. The van der Waals surface area contributed by atoms with E-state index in [4.69, 9.17) is 4.74 Å². The number of carbonyl (C=O) groups is 1. The number of benzene rings is 2. The first-order chi connectivity index (χ1) is 14.2. The van der Waals surface area contributed by atoms with E-state index in [9.17, 15) is 18.0 Å². The van der Waals surface area contributed by atoms with Gasteiger partial charge in [-0.05, 0) is 50.1 Å². The second kappa shape index (κ2) is 8.65. The van der Waals surface area contributed by atoms with Crippen LogP contribution in [0.1, 0.15) is 32.9 Å². The summed E-state index contributed by atoms with van der Waals surface area (Å²) in [7, 11) is 1.59. The molecule has 30 heavy (non-hydrogen) atoms. The van der Waals surface area contributed by atoms with E-state index < -0.39 is 11.7 Å². The molecule has 1 aromatic heterocycles. The first kappa shape index (κ1) is 21.5. The first-order valence-electron chi connectivity index (χ1n) is 9.49. The second-order valence-electron chi connectivity index (χ2n) is 6.95. The van der Waals surface area contributed by atoms with E-state index >= 15 is 0 Å². The molecule has 0 bridgehead atoms. The third-order valence-corrected chi connectivity index (χ3v) is 5.00. The lowest BCUT2D eigenvalue weighted by molar-refractivity contribution is -0.137. The van der Waals surface area contributed by atoms with Crippen LogP contribution in [-0.4, -0.2) is 24.1 Å². The fraction of sp³-hybridized carbons (Fsp3) is 0.261. The Kier molecular flexibility index (Phi) is 6.20. The van der Waals surface area contributed by atoms with Crippen molar-refractivity contribution in [1.29, 1.82) is 0 Å². The lowest BCUT2D eigenvalue weighted by Crippen LogP contribution is -2.26. The smallest absolute Gasteiger partial charge is 0.418 e. The fourth-order valence-corrected chi connectivity index (χ4v) is 3.59. The van der Waals surface area contributed by atoms with Gasteiger partial charge in [0.1, 0.15) is 5.75 Å². The van der Waals surface area contributed by atoms with Crippen LogP contribution in [0.2, 0.25) is 0 Å². The van der Waals surface area contributed by atoms with Gasteiger partial charge in [-0.15, -0.1) is 0 Å². The van der Waals surface area contributed by atoms with Crippen LogP contribution in [0.4, 0.5) is 13.2 Å². The van der Waals surface area contributed by atoms with Gasteiger partial charge in [0.2, 0.25) is 0 Å². The molecule has 0 atom stereocenters.